The maximum Gasteiger partial charge on any atom is 0.260 e. The molecule has 0 aliphatic carbocycles. The number of hydrogen-bond donors (Lipinski definition) is 1. The summed E-state index contributed by atoms with van der Waals surface area (Å²) < 4.78 is 0.696. The molecule has 0 radical (unpaired) electrons. The van der Waals surface area contributed by atoms with Gasteiger partial charge in [0.1, 0.15) is 10.7 Å². The first-order valence-corrected chi connectivity index (χ1v) is 11.3. The lowest BCUT2D eigenvalue weighted by Crippen LogP contribution is -2.28. The Balaban J connectivity index is 1.56. The van der Waals surface area contributed by atoms with Gasteiger partial charge in [0.25, 0.3) is 5.56 Å². The highest BCUT2D eigenvalue weighted by Crippen LogP contribution is 2.35. The van der Waals surface area contributed by atoms with Gasteiger partial charge in [-0.25, -0.2) is 4.98 Å². The molecule has 1 amide bonds. The average molecular weight is 450 g/mol. The van der Waals surface area contributed by atoms with Gasteiger partial charge in [-0.1, -0.05) is 11.6 Å². The van der Waals surface area contributed by atoms with E-state index in [1.807, 2.05) is 36.6 Å². The van der Waals surface area contributed by atoms with Crippen LogP contribution in [0.5, 0.6) is 0 Å². The molecule has 28 heavy (non-hydrogen) atoms. The van der Waals surface area contributed by atoms with Crippen molar-refractivity contribution in [2.45, 2.75) is 19.9 Å². The summed E-state index contributed by atoms with van der Waals surface area (Å²) in [6.45, 7) is 2.51. The third kappa shape index (κ3) is 3.91. The van der Waals surface area contributed by atoms with E-state index in [0.29, 0.717) is 26.9 Å². The number of aromatic amines is 1. The molecule has 4 rings (SSSR count). The number of carbonyl (C=O) groups is 1. The molecule has 0 aliphatic heterocycles. The lowest BCUT2D eigenvalue weighted by Gasteiger charge is -2.15. The molecular formula is C19H16ClN3O2S3. The predicted octanol–water partition coefficient (Wildman–Crippen LogP) is 4.94. The van der Waals surface area contributed by atoms with Crippen LogP contribution in [0.3, 0.4) is 0 Å². The van der Waals surface area contributed by atoms with Gasteiger partial charge in [0.2, 0.25) is 5.91 Å². The number of rotatable bonds is 5. The van der Waals surface area contributed by atoms with E-state index in [1.165, 1.54) is 27.6 Å². The summed E-state index contributed by atoms with van der Waals surface area (Å²) in [5.41, 5.74) is 0.694. The van der Waals surface area contributed by atoms with Crippen LogP contribution in [-0.2, 0) is 17.8 Å². The summed E-state index contributed by atoms with van der Waals surface area (Å²) in [6.07, 6.45) is 0.0477. The monoisotopic (exact) mass is 449 g/mol. The first-order valence-electron chi connectivity index (χ1n) is 8.46. The number of aromatic nitrogens is 2. The van der Waals surface area contributed by atoms with Crippen LogP contribution in [0.25, 0.3) is 20.7 Å². The van der Waals surface area contributed by atoms with Crippen LogP contribution in [0.15, 0.2) is 34.4 Å². The van der Waals surface area contributed by atoms with Crippen molar-refractivity contribution >= 4 is 61.7 Å². The van der Waals surface area contributed by atoms with E-state index in [0.717, 1.165) is 15.3 Å². The molecule has 0 spiro atoms. The molecule has 0 unspecified atom stereocenters. The van der Waals surface area contributed by atoms with Gasteiger partial charge in [-0.05, 0) is 31.2 Å². The van der Waals surface area contributed by atoms with Crippen molar-refractivity contribution in [2.75, 3.05) is 7.05 Å². The van der Waals surface area contributed by atoms with Crippen LogP contribution >= 0.6 is 45.6 Å². The number of amides is 1. The standard InChI is InChI=1S/C19H16ClN3O2S3/c1-10-3-5-13(27-10)12-9-26-19-17(12)18(25)21-15(22-19)7-16(24)23(2)8-11-4-6-14(20)28-11/h3-6,9H,7-8H2,1-2H3,(H,21,22,25). The third-order valence-electron chi connectivity index (χ3n) is 4.27. The molecule has 1 N–H and O–H groups in total. The Kier molecular flexibility index (Phi) is 5.37. The predicted molar refractivity (Wildman–Crippen MR) is 118 cm³/mol. The zero-order chi connectivity index (χ0) is 19.8. The third-order valence-corrected chi connectivity index (χ3v) is 7.39. The molecule has 0 aromatic carbocycles. The molecule has 0 bridgehead atoms. The Morgan fingerprint density at radius 1 is 1.25 bits per heavy atom. The number of nitrogens with one attached hydrogen (secondary N) is 1. The number of halogens is 1. The van der Waals surface area contributed by atoms with Crippen molar-refractivity contribution in [1.82, 2.24) is 14.9 Å². The number of fused-ring (bicyclic) bond motifs is 1. The van der Waals surface area contributed by atoms with Gasteiger partial charge in [0.05, 0.1) is 22.7 Å². The number of thiophene rings is 3. The smallest absolute Gasteiger partial charge is 0.260 e. The number of nitrogens with zero attached hydrogens (tertiary/aromatic N) is 2. The molecule has 5 nitrogen and oxygen atoms in total. The Morgan fingerprint density at radius 2 is 2.07 bits per heavy atom. The average Bonchev–Trinajstić information content (AvgIpc) is 3.35. The van der Waals surface area contributed by atoms with E-state index in [-0.39, 0.29) is 17.9 Å². The van der Waals surface area contributed by atoms with Gasteiger partial charge in [0.15, 0.2) is 0 Å². The molecule has 144 valence electrons. The second-order valence-electron chi connectivity index (χ2n) is 6.38. The number of hydrogen-bond acceptors (Lipinski definition) is 6. The number of likely N-dealkylation sites (N-methyl/N-ethyl adjacent to an activating group) is 1. The molecule has 9 heteroatoms. The van der Waals surface area contributed by atoms with Crippen molar-refractivity contribution in [3.63, 3.8) is 0 Å². The van der Waals surface area contributed by atoms with Crippen molar-refractivity contribution in [2.24, 2.45) is 0 Å². The minimum Gasteiger partial charge on any atom is -0.340 e. The minimum atomic E-state index is -0.206. The summed E-state index contributed by atoms with van der Waals surface area (Å²) in [5.74, 6) is 0.270. The maximum atomic E-state index is 12.7. The summed E-state index contributed by atoms with van der Waals surface area (Å²) in [4.78, 5) is 38.0. The van der Waals surface area contributed by atoms with Crippen LogP contribution in [0.1, 0.15) is 15.6 Å². The summed E-state index contributed by atoms with van der Waals surface area (Å²) in [5, 5.41) is 2.54. The Bertz CT molecular complexity index is 1220. The molecule has 4 heterocycles. The number of H-pyrrole nitrogens is 1. The van der Waals surface area contributed by atoms with E-state index >= 15 is 0 Å². The van der Waals surface area contributed by atoms with Gasteiger partial charge in [-0.2, -0.15) is 0 Å². The molecule has 0 aliphatic rings. The van der Waals surface area contributed by atoms with E-state index in [2.05, 4.69) is 9.97 Å². The number of carbonyl (C=O) groups excluding carboxylic acids is 1. The van der Waals surface area contributed by atoms with E-state index in [1.54, 1.807) is 23.3 Å². The zero-order valence-corrected chi connectivity index (χ0v) is 18.3. The Labute approximate surface area is 178 Å². The van der Waals surface area contributed by atoms with Crippen LogP contribution in [0.4, 0.5) is 0 Å². The van der Waals surface area contributed by atoms with Crippen molar-refractivity contribution in [1.29, 1.82) is 0 Å². The lowest BCUT2D eigenvalue weighted by molar-refractivity contribution is -0.129. The highest BCUT2D eigenvalue weighted by Gasteiger charge is 2.17. The topological polar surface area (TPSA) is 66.1 Å². The fourth-order valence-corrected chi connectivity index (χ4v) is 5.94. The fraction of sp³-hybridized carbons (Fsp3) is 0.211. The van der Waals surface area contributed by atoms with Crippen molar-refractivity contribution < 1.29 is 4.79 Å². The van der Waals surface area contributed by atoms with Crippen molar-refractivity contribution in [3.05, 3.63) is 59.9 Å². The van der Waals surface area contributed by atoms with Crippen LogP contribution in [0.2, 0.25) is 4.34 Å². The summed E-state index contributed by atoms with van der Waals surface area (Å²) >= 11 is 10.5. The van der Waals surface area contributed by atoms with Crippen LogP contribution < -0.4 is 5.56 Å². The highest BCUT2D eigenvalue weighted by molar-refractivity contribution is 7.19. The second kappa shape index (κ2) is 7.79. The molecular weight excluding hydrogens is 434 g/mol. The van der Waals surface area contributed by atoms with E-state index < -0.39 is 0 Å². The second-order valence-corrected chi connectivity index (χ2v) is 10.3. The molecule has 4 aromatic rings. The van der Waals surface area contributed by atoms with Gasteiger partial charge < -0.3 is 9.88 Å². The Hall–Kier alpha value is -2.00. The van der Waals surface area contributed by atoms with Gasteiger partial charge in [-0.3, -0.25) is 9.59 Å². The van der Waals surface area contributed by atoms with Crippen LogP contribution in [-0.4, -0.2) is 27.8 Å². The van der Waals surface area contributed by atoms with Crippen LogP contribution in [0, 0.1) is 6.92 Å². The SMILES string of the molecule is Cc1ccc(-c2csc3nc(CC(=O)N(C)Cc4ccc(Cl)s4)[nH]c(=O)c23)s1. The Morgan fingerprint density at radius 3 is 2.75 bits per heavy atom. The molecule has 0 saturated heterocycles. The van der Waals surface area contributed by atoms with Gasteiger partial charge in [0, 0.05) is 32.6 Å². The zero-order valence-electron chi connectivity index (χ0n) is 15.1. The van der Waals surface area contributed by atoms with E-state index in [9.17, 15) is 9.59 Å². The molecule has 4 aromatic heterocycles. The molecule has 0 atom stereocenters. The normalized spacial score (nSPS) is 11.2. The minimum absolute atomic E-state index is 0.0477. The molecule has 0 saturated carbocycles. The summed E-state index contributed by atoms with van der Waals surface area (Å²) in [7, 11) is 1.73. The van der Waals surface area contributed by atoms with E-state index in [4.69, 9.17) is 11.6 Å². The largest absolute Gasteiger partial charge is 0.340 e. The fourth-order valence-electron chi connectivity index (χ4n) is 2.87. The summed E-state index contributed by atoms with van der Waals surface area (Å²) in [6, 6.07) is 7.78. The number of aryl methyl sites for hydroxylation is 1. The van der Waals surface area contributed by atoms with Gasteiger partial charge in [-0.15, -0.1) is 34.0 Å². The highest BCUT2D eigenvalue weighted by atomic mass is 35.5. The quantitative estimate of drug-likeness (QED) is 0.469. The van der Waals surface area contributed by atoms with Crippen molar-refractivity contribution in [3.8, 4) is 10.4 Å². The van der Waals surface area contributed by atoms with Gasteiger partial charge >= 0.3 is 0 Å². The maximum absolute atomic E-state index is 12.7. The first-order chi connectivity index (χ1) is 13.4. The molecule has 0 fully saturated rings. The first kappa shape index (κ1) is 19.3. The lowest BCUT2D eigenvalue weighted by atomic mass is 10.2.